The first-order chi connectivity index (χ1) is 10.1. The SMILES string of the molecule is Cc1nc2c(Cl)cc(Cl)cn2c1C(=O)NCC1CCCO1. The lowest BCUT2D eigenvalue weighted by molar-refractivity contribution is 0.0852. The molecule has 1 unspecified atom stereocenters. The van der Waals surface area contributed by atoms with Crippen molar-refractivity contribution >= 4 is 34.8 Å². The van der Waals surface area contributed by atoms with Crippen molar-refractivity contribution in [3.63, 3.8) is 0 Å². The van der Waals surface area contributed by atoms with Gasteiger partial charge in [0.05, 0.1) is 21.8 Å². The van der Waals surface area contributed by atoms with Gasteiger partial charge in [0.1, 0.15) is 5.69 Å². The van der Waals surface area contributed by atoms with Crippen molar-refractivity contribution in [2.75, 3.05) is 13.2 Å². The van der Waals surface area contributed by atoms with E-state index in [1.54, 1.807) is 23.6 Å². The number of imidazole rings is 1. The van der Waals surface area contributed by atoms with Crippen molar-refractivity contribution in [2.24, 2.45) is 0 Å². The predicted molar refractivity (Wildman–Crippen MR) is 81.3 cm³/mol. The third-order valence-corrected chi connectivity index (χ3v) is 4.03. The number of aryl methyl sites for hydroxylation is 1. The molecule has 1 N–H and O–H groups in total. The molecule has 3 rings (SSSR count). The molecule has 1 amide bonds. The number of hydrogen-bond donors (Lipinski definition) is 1. The van der Waals surface area contributed by atoms with E-state index >= 15 is 0 Å². The fourth-order valence-corrected chi connectivity index (χ4v) is 3.07. The number of amides is 1. The Kier molecular flexibility index (Phi) is 4.06. The van der Waals surface area contributed by atoms with Crippen molar-refractivity contribution in [2.45, 2.75) is 25.9 Å². The van der Waals surface area contributed by atoms with Gasteiger partial charge < -0.3 is 10.1 Å². The van der Waals surface area contributed by atoms with Crippen LogP contribution in [0, 0.1) is 6.92 Å². The zero-order valence-corrected chi connectivity index (χ0v) is 13.0. The molecule has 1 aliphatic rings. The highest BCUT2D eigenvalue weighted by Crippen LogP contribution is 2.24. The van der Waals surface area contributed by atoms with Crippen LogP contribution >= 0.6 is 23.2 Å². The van der Waals surface area contributed by atoms with Crippen molar-refractivity contribution in [1.82, 2.24) is 14.7 Å². The smallest absolute Gasteiger partial charge is 0.270 e. The van der Waals surface area contributed by atoms with Crippen LogP contribution in [-0.4, -0.2) is 34.5 Å². The fraction of sp³-hybridized carbons (Fsp3) is 0.429. The average molecular weight is 328 g/mol. The molecule has 0 aromatic carbocycles. The number of pyridine rings is 1. The van der Waals surface area contributed by atoms with Crippen LogP contribution in [0.2, 0.25) is 10.0 Å². The second-order valence-electron chi connectivity index (χ2n) is 5.09. The lowest BCUT2D eigenvalue weighted by Gasteiger charge is -2.11. The largest absolute Gasteiger partial charge is 0.376 e. The van der Waals surface area contributed by atoms with Crippen LogP contribution in [0.1, 0.15) is 29.0 Å². The van der Waals surface area contributed by atoms with E-state index in [0.717, 1.165) is 19.4 Å². The molecule has 0 aliphatic carbocycles. The molecule has 2 aromatic heterocycles. The topological polar surface area (TPSA) is 55.6 Å². The van der Waals surface area contributed by atoms with Gasteiger partial charge in [-0.05, 0) is 25.8 Å². The van der Waals surface area contributed by atoms with Gasteiger partial charge in [0, 0.05) is 19.3 Å². The van der Waals surface area contributed by atoms with Crippen molar-refractivity contribution in [3.05, 3.63) is 33.7 Å². The Hall–Kier alpha value is -1.30. The molecule has 3 heterocycles. The van der Waals surface area contributed by atoms with Crippen LogP contribution in [-0.2, 0) is 4.74 Å². The van der Waals surface area contributed by atoms with Gasteiger partial charge in [-0.2, -0.15) is 0 Å². The quantitative estimate of drug-likeness (QED) is 0.943. The van der Waals surface area contributed by atoms with Crippen LogP contribution in [0.15, 0.2) is 12.3 Å². The van der Waals surface area contributed by atoms with Crippen LogP contribution in [0.25, 0.3) is 5.65 Å². The van der Waals surface area contributed by atoms with Crippen LogP contribution in [0.4, 0.5) is 0 Å². The van der Waals surface area contributed by atoms with E-state index in [9.17, 15) is 4.79 Å². The van der Waals surface area contributed by atoms with E-state index in [0.29, 0.717) is 33.6 Å². The number of ether oxygens (including phenoxy) is 1. The molecular formula is C14H15Cl2N3O2. The maximum absolute atomic E-state index is 12.4. The molecule has 1 atom stereocenters. The molecular weight excluding hydrogens is 313 g/mol. The third kappa shape index (κ3) is 2.86. The van der Waals surface area contributed by atoms with E-state index in [-0.39, 0.29) is 12.0 Å². The van der Waals surface area contributed by atoms with E-state index in [1.165, 1.54) is 0 Å². The summed E-state index contributed by atoms with van der Waals surface area (Å²) < 4.78 is 7.13. The number of carbonyl (C=O) groups is 1. The Bertz CT molecular complexity index is 693. The number of aromatic nitrogens is 2. The minimum absolute atomic E-state index is 0.0978. The fourth-order valence-electron chi connectivity index (χ4n) is 2.56. The van der Waals surface area contributed by atoms with Crippen LogP contribution in [0.3, 0.4) is 0 Å². The maximum atomic E-state index is 12.4. The average Bonchev–Trinajstić information content (AvgIpc) is 3.03. The second kappa shape index (κ2) is 5.83. The first-order valence-corrected chi connectivity index (χ1v) is 7.55. The summed E-state index contributed by atoms with van der Waals surface area (Å²) in [6, 6.07) is 1.61. The van der Waals surface area contributed by atoms with Gasteiger partial charge in [-0.3, -0.25) is 9.20 Å². The number of carbonyl (C=O) groups excluding carboxylic acids is 1. The highest BCUT2D eigenvalue weighted by Gasteiger charge is 2.21. The predicted octanol–water partition coefficient (Wildman–Crippen LogP) is 2.86. The Morgan fingerprint density at radius 3 is 3.10 bits per heavy atom. The van der Waals surface area contributed by atoms with E-state index < -0.39 is 0 Å². The number of fused-ring (bicyclic) bond motifs is 1. The van der Waals surface area contributed by atoms with Gasteiger partial charge in [0.25, 0.3) is 5.91 Å². The summed E-state index contributed by atoms with van der Waals surface area (Å²) in [7, 11) is 0. The number of nitrogens with one attached hydrogen (secondary N) is 1. The molecule has 2 aromatic rings. The summed E-state index contributed by atoms with van der Waals surface area (Å²) >= 11 is 12.1. The number of hydrogen-bond acceptors (Lipinski definition) is 3. The minimum Gasteiger partial charge on any atom is -0.376 e. The molecule has 0 saturated carbocycles. The zero-order valence-electron chi connectivity index (χ0n) is 11.5. The Morgan fingerprint density at radius 2 is 2.38 bits per heavy atom. The monoisotopic (exact) mass is 327 g/mol. The molecule has 5 nitrogen and oxygen atoms in total. The van der Waals surface area contributed by atoms with Crippen LogP contribution < -0.4 is 5.32 Å². The minimum atomic E-state index is -0.200. The lowest BCUT2D eigenvalue weighted by Crippen LogP contribution is -2.32. The molecule has 7 heteroatoms. The summed E-state index contributed by atoms with van der Waals surface area (Å²) in [6.45, 7) is 3.04. The summed E-state index contributed by atoms with van der Waals surface area (Å²) in [5.74, 6) is -0.200. The number of halogens is 2. The molecule has 1 fully saturated rings. The number of rotatable bonds is 3. The summed E-state index contributed by atoms with van der Waals surface area (Å²) in [5.41, 5.74) is 1.59. The standard InChI is InChI=1S/C14H15Cl2N3O2/c1-8-12(14(20)17-6-10-3-2-4-21-10)19-7-9(15)5-11(16)13(19)18-8/h5,7,10H,2-4,6H2,1H3,(H,17,20). The van der Waals surface area contributed by atoms with Gasteiger partial charge in [0.2, 0.25) is 0 Å². The Morgan fingerprint density at radius 1 is 1.57 bits per heavy atom. The lowest BCUT2D eigenvalue weighted by atomic mass is 10.2. The summed E-state index contributed by atoms with van der Waals surface area (Å²) in [6.07, 6.45) is 3.76. The van der Waals surface area contributed by atoms with Gasteiger partial charge in [0.15, 0.2) is 5.65 Å². The second-order valence-corrected chi connectivity index (χ2v) is 5.93. The third-order valence-electron chi connectivity index (χ3n) is 3.55. The normalized spacial score (nSPS) is 18.3. The molecule has 21 heavy (non-hydrogen) atoms. The van der Waals surface area contributed by atoms with Gasteiger partial charge >= 0.3 is 0 Å². The first-order valence-electron chi connectivity index (χ1n) is 6.80. The van der Waals surface area contributed by atoms with Crippen molar-refractivity contribution in [3.8, 4) is 0 Å². The summed E-state index contributed by atoms with van der Waals surface area (Å²) in [4.78, 5) is 16.7. The summed E-state index contributed by atoms with van der Waals surface area (Å²) in [5, 5.41) is 3.76. The Labute approximate surface area is 132 Å². The molecule has 0 radical (unpaired) electrons. The Balaban J connectivity index is 1.88. The van der Waals surface area contributed by atoms with Crippen molar-refractivity contribution < 1.29 is 9.53 Å². The molecule has 1 aliphatic heterocycles. The maximum Gasteiger partial charge on any atom is 0.270 e. The first kappa shape index (κ1) is 14.6. The van der Waals surface area contributed by atoms with E-state index in [2.05, 4.69) is 10.3 Å². The molecule has 0 spiro atoms. The zero-order chi connectivity index (χ0) is 15.0. The molecule has 1 saturated heterocycles. The van der Waals surface area contributed by atoms with E-state index in [4.69, 9.17) is 27.9 Å². The van der Waals surface area contributed by atoms with E-state index in [1.807, 2.05) is 0 Å². The molecule has 0 bridgehead atoms. The molecule has 112 valence electrons. The van der Waals surface area contributed by atoms with Gasteiger partial charge in [-0.15, -0.1) is 0 Å². The van der Waals surface area contributed by atoms with Gasteiger partial charge in [-0.1, -0.05) is 23.2 Å². The van der Waals surface area contributed by atoms with Gasteiger partial charge in [-0.25, -0.2) is 4.98 Å². The highest BCUT2D eigenvalue weighted by molar-refractivity contribution is 6.36. The van der Waals surface area contributed by atoms with Crippen LogP contribution in [0.5, 0.6) is 0 Å². The number of nitrogens with zero attached hydrogens (tertiary/aromatic N) is 2. The highest BCUT2D eigenvalue weighted by atomic mass is 35.5. The van der Waals surface area contributed by atoms with Crippen molar-refractivity contribution in [1.29, 1.82) is 0 Å².